The average Bonchev–Trinajstić information content (AvgIpc) is 3.09. The van der Waals surface area contributed by atoms with E-state index < -0.39 is 14.3 Å². The first-order chi connectivity index (χ1) is 14.5. The van der Waals surface area contributed by atoms with Crippen molar-refractivity contribution in [3.63, 3.8) is 0 Å². The smallest absolute Gasteiger partial charge is 0.306 e. The highest BCUT2D eigenvalue weighted by Gasteiger charge is 2.37. The fourth-order valence-electron chi connectivity index (χ4n) is 3.34. The first-order valence-electron chi connectivity index (χ1n) is 11.1. The van der Waals surface area contributed by atoms with Crippen LogP contribution in [0.25, 0.3) is 0 Å². The Labute approximate surface area is 186 Å². The maximum absolute atomic E-state index is 12.8. The van der Waals surface area contributed by atoms with Crippen LogP contribution in [0.2, 0.25) is 19.6 Å². The number of ether oxygens (including phenoxy) is 1. The minimum absolute atomic E-state index is 0.0223. The van der Waals surface area contributed by atoms with Gasteiger partial charge in [-0.05, 0) is 32.5 Å². The molecule has 1 aliphatic heterocycles. The second-order valence-corrected chi connectivity index (χ2v) is 13.5. The molecule has 1 rings (SSSR count). The predicted octanol–water partition coefficient (Wildman–Crippen LogP) is 1.57. The van der Waals surface area contributed by atoms with Crippen LogP contribution < -0.4 is 10.6 Å². The number of rotatable bonds is 13. The van der Waals surface area contributed by atoms with Gasteiger partial charge in [-0.25, -0.2) is 0 Å². The van der Waals surface area contributed by atoms with Crippen molar-refractivity contribution in [3.8, 4) is 0 Å². The number of carbonyl (C=O) groups excluding carboxylic acids is 4. The molecule has 0 aromatic rings. The highest BCUT2D eigenvalue weighted by Crippen LogP contribution is 2.24. The Kier molecular flexibility index (Phi) is 11.8. The summed E-state index contributed by atoms with van der Waals surface area (Å²) in [6, 6.07) is -0.115. The van der Waals surface area contributed by atoms with Crippen LogP contribution >= 0.6 is 0 Å². The molecule has 0 bridgehead atoms. The summed E-state index contributed by atoms with van der Waals surface area (Å²) in [5.74, 6) is -0.646. The molecule has 1 heterocycles. The lowest BCUT2D eigenvalue weighted by molar-refractivity contribution is -0.150. The quantitative estimate of drug-likeness (QED) is 0.247. The minimum atomic E-state index is -1.75. The summed E-state index contributed by atoms with van der Waals surface area (Å²) in [7, 11) is -0.222. The summed E-state index contributed by atoms with van der Waals surface area (Å²) < 4.78 is 11.6. The molecular weight excluding hydrogens is 418 g/mol. The lowest BCUT2D eigenvalue weighted by Gasteiger charge is -2.27. The van der Waals surface area contributed by atoms with Crippen LogP contribution in [0.15, 0.2) is 0 Å². The van der Waals surface area contributed by atoms with E-state index in [4.69, 9.17) is 9.16 Å². The Hall–Kier alpha value is -1.94. The molecule has 0 aliphatic carbocycles. The molecule has 0 aromatic carbocycles. The van der Waals surface area contributed by atoms with Crippen LogP contribution in [0.3, 0.4) is 0 Å². The number of nitrogens with zero attached hydrogens (tertiary/aromatic N) is 1. The van der Waals surface area contributed by atoms with E-state index in [1.165, 1.54) is 14.0 Å². The number of carbonyl (C=O) groups is 4. The third kappa shape index (κ3) is 11.9. The molecule has 1 aliphatic rings. The molecule has 2 atom stereocenters. The van der Waals surface area contributed by atoms with E-state index >= 15 is 0 Å². The number of unbranched alkanes of at least 4 members (excludes halogenated alkanes) is 2. The van der Waals surface area contributed by atoms with Gasteiger partial charge in [-0.15, -0.1) is 0 Å². The topological polar surface area (TPSA) is 114 Å². The van der Waals surface area contributed by atoms with Crippen molar-refractivity contribution in [2.45, 2.75) is 83.7 Å². The van der Waals surface area contributed by atoms with E-state index in [1.54, 1.807) is 4.90 Å². The highest BCUT2D eigenvalue weighted by molar-refractivity contribution is 6.69. The molecule has 1 fully saturated rings. The summed E-state index contributed by atoms with van der Waals surface area (Å²) in [6.45, 7) is 9.19. The van der Waals surface area contributed by atoms with Gasteiger partial charge in [-0.3, -0.25) is 19.2 Å². The zero-order valence-corrected chi connectivity index (χ0v) is 20.6. The van der Waals surface area contributed by atoms with E-state index in [0.717, 1.165) is 19.3 Å². The van der Waals surface area contributed by atoms with E-state index in [2.05, 4.69) is 30.3 Å². The molecule has 10 heteroatoms. The van der Waals surface area contributed by atoms with E-state index in [-0.39, 0.29) is 42.7 Å². The van der Waals surface area contributed by atoms with Gasteiger partial charge in [-0.1, -0.05) is 6.42 Å². The summed E-state index contributed by atoms with van der Waals surface area (Å²) in [4.78, 5) is 48.9. The van der Waals surface area contributed by atoms with Crippen molar-refractivity contribution in [1.29, 1.82) is 0 Å². The second-order valence-electron chi connectivity index (χ2n) is 8.94. The van der Waals surface area contributed by atoms with Gasteiger partial charge in [0.05, 0.1) is 25.6 Å². The number of amides is 3. The predicted molar refractivity (Wildman–Crippen MR) is 120 cm³/mol. The van der Waals surface area contributed by atoms with E-state index in [9.17, 15) is 19.2 Å². The fourth-order valence-corrected chi connectivity index (χ4v) is 4.03. The normalized spacial score (nSPS) is 18.5. The standard InChI is InChI=1S/C21H39N3O6Si/c1-16(25)23-12-8-6-7-9-20(27)24-14-18(13-17(24)15-29-31(3,4)5)30-21(28)11-10-19(26)22-2/h17-18H,6-15H2,1-5H3,(H,22,26)(H,23,25)/t17-,18+/m0/s1. The highest BCUT2D eigenvalue weighted by atomic mass is 28.4. The molecule has 0 aromatic heterocycles. The van der Waals surface area contributed by atoms with Crippen molar-refractivity contribution < 1.29 is 28.3 Å². The molecule has 2 N–H and O–H groups in total. The van der Waals surface area contributed by atoms with Gasteiger partial charge >= 0.3 is 5.97 Å². The Morgan fingerprint density at radius 3 is 2.35 bits per heavy atom. The van der Waals surface area contributed by atoms with Gasteiger partial charge in [0.1, 0.15) is 6.10 Å². The van der Waals surface area contributed by atoms with Crippen LogP contribution in [0, 0.1) is 0 Å². The van der Waals surface area contributed by atoms with Crippen LogP contribution in [0.4, 0.5) is 0 Å². The summed E-state index contributed by atoms with van der Waals surface area (Å²) in [5.41, 5.74) is 0. The van der Waals surface area contributed by atoms with Crippen LogP contribution in [0.5, 0.6) is 0 Å². The van der Waals surface area contributed by atoms with Crippen molar-refractivity contribution in [2.75, 3.05) is 26.7 Å². The zero-order valence-electron chi connectivity index (χ0n) is 19.6. The molecule has 1 saturated heterocycles. The van der Waals surface area contributed by atoms with Gasteiger partial charge < -0.3 is 24.7 Å². The zero-order chi connectivity index (χ0) is 23.4. The second kappa shape index (κ2) is 13.5. The number of esters is 1. The molecule has 9 nitrogen and oxygen atoms in total. The number of likely N-dealkylation sites (tertiary alicyclic amines) is 1. The van der Waals surface area contributed by atoms with Crippen molar-refractivity contribution >= 4 is 32.0 Å². The molecule has 31 heavy (non-hydrogen) atoms. The molecule has 178 valence electrons. The largest absolute Gasteiger partial charge is 0.460 e. The molecule has 0 radical (unpaired) electrons. The monoisotopic (exact) mass is 457 g/mol. The Morgan fingerprint density at radius 2 is 1.74 bits per heavy atom. The Bertz CT molecular complexity index is 623. The molecule has 0 unspecified atom stereocenters. The van der Waals surface area contributed by atoms with E-state index in [0.29, 0.717) is 32.5 Å². The lowest BCUT2D eigenvalue weighted by Crippen LogP contribution is -2.41. The molecule has 3 amide bonds. The maximum atomic E-state index is 12.8. The number of hydrogen-bond donors (Lipinski definition) is 2. The number of hydrogen-bond acceptors (Lipinski definition) is 6. The molecular formula is C21H39N3O6Si. The average molecular weight is 458 g/mol. The summed E-state index contributed by atoms with van der Waals surface area (Å²) in [5, 5.41) is 5.23. The SMILES string of the molecule is CNC(=O)CCC(=O)O[C@@H]1C[C@@H](CO[Si](C)(C)C)N(C(=O)CCCCCNC(C)=O)C1. The van der Waals surface area contributed by atoms with E-state index in [1.807, 2.05) is 0 Å². The van der Waals surface area contributed by atoms with Gasteiger partial charge in [0.2, 0.25) is 17.7 Å². The van der Waals surface area contributed by atoms with Crippen molar-refractivity contribution in [1.82, 2.24) is 15.5 Å². The van der Waals surface area contributed by atoms with Gasteiger partial charge in [0.15, 0.2) is 8.32 Å². The first-order valence-corrected chi connectivity index (χ1v) is 14.5. The first kappa shape index (κ1) is 27.1. The van der Waals surface area contributed by atoms with Crippen LogP contribution in [-0.2, 0) is 28.3 Å². The van der Waals surface area contributed by atoms with Crippen LogP contribution in [0.1, 0.15) is 51.9 Å². The number of nitrogens with one attached hydrogen (secondary N) is 2. The van der Waals surface area contributed by atoms with Gasteiger partial charge in [0, 0.05) is 39.8 Å². The third-order valence-electron chi connectivity index (χ3n) is 4.98. The van der Waals surface area contributed by atoms with Crippen molar-refractivity contribution in [2.24, 2.45) is 0 Å². The Morgan fingerprint density at radius 1 is 1.03 bits per heavy atom. The fraction of sp³-hybridized carbons (Fsp3) is 0.810. The third-order valence-corrected chi connectivity index (χ3v) is 6.01. The Balaban J connectivity index is 2.55. The molecule has 0 spiro atoms. The van der Waals surface area contributed by atoms with Crippen molar-refractivity contribution in [3.05, 3.63) is 0 Å². The lowest BCUT2D eigenvalue weighted by atomic mass is 10.1. The minimum Gasteiger partial charge on any atom is -0.460 e. The summed E-state index contributed by atoms with van der Waals surface area (Å²) in [6.07, 6.45) is 3.13. The molecule has 0 saturated carbocycles. The summed E-state index contributed by atoms with van der Waals surface area (Å²) >= 11 is 0. The van der Waals surface area contributed by atoms with Crippen LogP contribution in [-0.4, -0.2) is 75.8 Å². The maximum Gasteiger partial charge on any atom is 0.306 e. The van der Waals surface area contributed by atoms with Gasteiger partial charge in [-0.2, -0.15) is 0 Å². The van der Waals surface area contributed by atoms with Gasteiger partial charge in [0.25, 0.3) is 0 Å².